The normalized spacial score (nSPS) is 16.1. The fourth-order valence-corrected chi connectivity index (χ4v) is 3.50. The summed E-state index contributed by atoms with van der Waals surface area (Å²) in [6, 6.07) is 13.7. The van der Waals surface area contributed by atoms with Crippen molar-refractivity contribution in [3.8, 4) is 0 Å². The van der Waals surface area contributed by atoms with Crippen LogP contribution in [0, 0.1) is 0 Å². The fraction of sp³-hybridized carbons (Fsp3) is 0.278. The molecule has 0 spiro atoms. The molecule has 1 aromatic carbocycles. The minimum Gasteiger partial charge on any atom is -0.337 e. The summed E-state index contributed by atoms with van der Waals surface area (Å²) in [5.74, 6) is -0.0837. The second-order valence-electron chi connectivity index (χ2n) is 6.31. The highest BCUT2D eigenvalue weighted by Crippen LogP contribution is 2.38. The van der Waals surface area contributed by atoms with Gasteiger partial charge >= 0.3 is 5.69 Å². The van der Waals surface area contributed by atoms with Crippen LogP contribution in [0.1, 0.15) is 29.3 Å². The minimum atomic E-state index is -0.338. The summed E-state index contributed by atoms with van der Waals surface area (Å²) in [5, 5.41) is 6.36. The van der Waals surface area contributed by atoms with Crippen LogP contribution in [-0.4, -0.2) is 38.5 Å². The number of likely N-dealkylation sites (tertiary alicyclic amines) is 1. The molecule has 0 aliphatic carbocycles. The van der Waals surface area contributed by atoms with E-state index in [1.54, 1.807) is 18.3 Å². The molecular weight excluding hydrogens is 304 g/mol. The van der Waals surface area contributed by atoms with E-state index in [2.05, 4.69) is 29.3 Å². The van der Waals surface area contributed by atoms with Crippen molar-refractivity contribution in [3.63, 3.8) is 0 Å². The Labute approximate surface area is 138 Å². The Hall–Kier alpha value is -2.89. The largest absolute Gasteiger partial charge is 0.347 e. The highest BCUT2D eigenvalue weighted by molar-refractivity contribution is 6.00. The van der Waals surface area contributed by atoms with Crippen molar-refractivity contribution in [2.45, 2.75) is 18.8 Å². The molecule has 24 heavy (non-hydrogen) atoms. The summed E-state index contributed by atoms with van der Waals surface area (Å²) in [7, 11) is 0. The third-order valence-corrected chi connectivity index (χ3v) is 5.01. The molecule has 0 saturated carbocycles. The third-order valence-electron chi connectivity index (χ3n) is 5.01. The van der Waals surface area contributed by atoms with E-state index in [1.807, 2.05) is 23.1 Å². The Kier molecular flexibility index (Phi) is 3.26. The van der Waals surface area contributed by atoms with Crippen LogP contribution in [0.5, 0.6) is 0 Å². The van der Waals surface area contributed by atoms with Crippen LogP contribution in [0.4, 0.5) is 0 Å². The van der Waals surface area contributed by atoms with Gasteiger partial charge in [-0.1, -0.05) is 37.3 Å². The van der Waals surface area contributed by atoms with E-state index in [9.17, 15) is 9.59 Å². The van der Waals surface area contributed by atoms with Crippen molar-refractivity contribution in [1.29, 1.82) is 0 Å². The van der Waals surface area contributed by atoms with E-state index in [0.717, 1.165) is 6.42 Å². The van der Waals surface area contributed by atoms with Gasteiger partial charge in [-0.25, -0.2) is 14.3 Å². The van der Waals surface area contributed by atoms with E-state index in [-0.39, 0.29) is 17.0 Å². The average Bonchev–Trinajstić information content (AvgIpc) is 2.97. The molecule has 0 unspecified atom stereocenters. The zero-order valence-corrected chi connectivity index (χ0v) is 13.4. The molecule has 1 saturated heterocycles. The molecule has 1 fully saturated rings. The first-order valence-electron chi connectivity index (χ1n) is 8.05. The van der Waals surface area contributed by atoms with Gasteiger partial charge in [-0.15, -0.1) is 0 Å². The van der Waals surface area contributed by atoms with E-state index >= 15 is 0 Å². The summed E-state index contributed by atoms with van der Waals surface area (Å²) in [6.07, 6.45) is 2.58. The van der Waals surface area contributed by atoms with Crippen molar-refractivity contribution in [3.05, 3.63) is 70.3 Å². The molecule has 122 valence electrons. The van der Waals surface area contributed by atoms with Crippen molar-refractivity contribution in [1.82, 2.24) is 19.5 Å². The molecule has 1 aliphatic heterocycles. The average molecular weight is 322 g/mol. The lowest BCUT2D eigenvalue weighted by Gasteiger charge is -2.50. The van der Waals surface area contributed by atoms with Crippen molar-refractivity contribution >= 4 is 11.6 Å². The summed E-state index contributed by atoms with van der Waals surface area (Å²) in [6.45, 7) is 3.52. The molecule has 6 heteroatoms. The lowest BCUT2D eigenvalue weighted by molar-refractivity contribution is 0.0377. The van der Waals surface area contributed by atoms with Gasteiger partial charge in [-0.3, -0.25) is 4.79 Å². The monoisotopic (exact) mass is 322 g/mol. The predicted octanol–water partition coefficient (Wildman–Crippen LogP) is 1.83. The van der Waals surface area contributed by atoms with Gasteiger partial charge in [0.2, 0.25) is 0 Å². The van der Waals surface area contributed by atoms with Crippen LogP contribution >= 0.6 is 0 Å². The number of nitrogens with one attached hydrogen (secondary N) is 1. The van der Waals surface area contributed by atoms with Crippen LogP contribution in [0.2, 0.25) is 0 Å². The topological polar surface area (TPSA) is 70.5 Å². The predicted molar refractivity (Wildman–Crippen MR) is 90.1 cm³/mol. The number of H-pyrrole nitrogens is 1. The van der Waals surface area contributed by atoms with E-state index in [1.165, 1.54) is 9.96 Å². The van der Waals surface area contributed by atoms with Crippen molar-refractivity contribution < 1.29 is 4.79 Å². The number of fused-ring (bicyclic) bond motifs is 1. The first-order chi connectivity index (χ1) is 11.6. The minimum absolute atomic E-state index is 0.0211. The number of aromatic nitrogens is 3. The second kappa shape index (κ2) is 5.33. The SMILES string of the molecule is CCC1(c2ccccc2)CN(C(=O)c2cccn3c(=O)[nH]nc23)C1. The number of carbonyl (C=O) groups excluding carboxylic acids is 1. The summed E-state index contributed by atoms with van der Waals surface area (Å²) >= 11 is 0. The number of hydrogen-bond donors (Lipinski definition) is 1. The van der Waals surface area contributed by atoms with E-state index < -0.39 is 0 Å². The second-order valence-corrected chi connectivity index (χ2v) is 6.31. The standard InChI is InChI=1S/C18H18N4O2/c1-2-18(13-7-4-3-5-8-13)11-21(12-18)16(23)14-9-6-10-22-15(14)19-20-17(22)24/h3-10H,2,11-12H2,1H3,(H,20,24). The number of aromatic amines is 1. The number of carbonyl (C=O) groups is 1. The Balaban J connectivity index is 1.62. The fourth-order valence-electron chi connectivity index (χ4n) is 3.50. The Morgan fingerprint density at radius 1 is 1.21 bits per heavy atom. The first kappa shape index (κ1) is 14.7. The summed E-state index contributed by atoms with van der Waals surface area (Å²) in [5.41, 5.74) is 1.78. The maximum atomic E-state index is 12.8. The molecule has 0 atom stereocenters. The first-order valence-corrected chi connectivity index (χ1v) is 8.05. The molecule has 0 bridgehead atoms. The van der Waals surface area contributed by atoms with Crippen molar-refractivity contribution in [2.75, 3.05) is 13.1 Å². The van der Waals surface area contributed by atoms with Crippen LogP contribution in [-0.2, 0) is 5.41 Å². The Morgan fingerprint density at radius 2 is 1.96 bits per heavy atom. The highest BCUT2D eigenvalue weighted by atomic mass is 16.2. The van der Waals surface area contributed by atoms with Crippen LogP contribution in [0.15, 0.2) is 53.5 Å². The molecule has 1 N–H and O–H groups in total. The molecule has 1 aliphatic rings. The Morgan fingerprint density at radius 3 is 2.67 bits per heavy atom. The number of pyridine rings is 1. The molecule has 3 aromatic rings. The number of benzene rings is 1. The molecule has 6 nitrogen and oxygen atoms in total. The maximum absolute atomic E-state index is 12.8. The highest BCUT2D eigenvalue weighted by Gasteiger charge is 2.45. The van der Waals surface area contributed by atoms with Gasteiger partial charge < -0.3 is 4.90 Å². The quantitative estimate of drug-likeness (QED) is 0.800. The molecule has 1 amide bonds. The molecule has 3 heterocycles. The van der Waals surface area contributed by atoms with Crippen molar-refractivity contribution in [2.24, 2.45) is 0 Å². The number of rotatable bonds is 3. The van der Waals surface area contributed by atoms with Gasteiger partial charge in [0.25, 0.3) is 5.91 Å². The molecule has 2 aromatic heterocycles. The molecule has 0 radical (unpaired) electrons. The molecular formula is C18H18N4O2. The summed E-state index contributed by atoms with van der Waals surface area (Å²) in [4.78, 5) is 26.3. The van der Waals surface area contributed by atoms with Crippen LogP contribution < -0.4 is 5.69 Å². The van der Waals surface area contributed by atoms with Gasteiger partial charge in [0, 0.05) is 24.7 Å². The van der Waals surface area contributed by atoms with Gasteiger partial charge in [-0.05, 0) is 24.1 Å². The Bertz CT molecular complexity index is 952. The van der Waals surface area contributed by atoms with Gasteiger partial charge in [0.1, 0.15) is 0 Å². The van der Waals surface area contributed by atoms with Crippen LogP contribution in [0.3, 0.4) is 0 Å². The van der Waals surface area contributed by atoms with E-state index in [4.69, 9.17) is 0 Å². The number of hydrogen-bond acceptors (Lipinski definition) is 3. The van der Waals surface area contributed by atoms with Gasteiger partial charge in [-0.2, -0.15) is 5.10 Å². The zero-order chi connectivity index (χ0) is 16.7. The smallest absolute Gasteiger partial charge is 0.337 e. The number of nitrogens with zero attached hydrogens (tertiary/aromatic N) is 3. The maximum Gasteiger partial charge on any atom is 0.347 e. The van der Waals surface area contributed by atoms with Gasteiger partial charge in [0.05, 0.1) is 5.56 Å². The summed E-state index contributed by atoms with van der Waals surface area (Å²) < 4.78 is 1.36. The van der Waals surface area contributed by atoms with Crippen LogP contribution in [0.25, 0.3) is 5.65 Å². The van der Waals surface area contributed by atoms with Gasteiger partial charge in [0.15, 0.2) is 5.65 Å². The third kappa shape index (κ3) is 2.06. The lowest BCUT2D eigenvalue weighted by Crippen LogP contribution is -2.60. The molecule has 4 rings (SSSR count). The lowest BCUT2D eigenvalue weighted by atomic mass is 9.71. The zero-order valence-electron chi connectivity index (χ0n) is 13.4. The van der Waals surface area contributed by atoms with E-state index in [0.29, 0.717) is 24.3 Å². The number of amides is 1.